The van der Waals surface area contributed by atoms with Crippen molar-refractivity contribution in [2.24, 2.45) is 0 Å². The van der Waals surface area contributed by atoms with Crippen molar-refractivity contribution >= 4 is 18.1 Å². The van der Waals surface area contributed by atoms with E-state index < -0.39 is 18.3 Å². The van der Waals surface area contributed by atoms with Crippen molar-refractivity contribution in [3.63, 3.8) is 0 Å². The summed E-state index contributed by atoms with van der Waals surface area (Å²) in [7, 11) is 3.63. The molecule has 1 aliphatic rings. The largest absolute Gasteiger partial charge is 0.447 e. The van der Waals surface area contributed by atoms with Gasteiger partial charge in [0.2, 0.25) is 5.91 Å². The Labute approximate surface area is 263 Å². The second-order valence-corrected chi connectivity index (χ2v) is 12.8. The summed E-state index contributed by atoms with van der Waals surface area (Å²) in [4.78, 5) is 38.5. The number of quaternary nitrogens is 1. The van der Waals surface area contributed by atoms with Crippen molar-refractivity contribution in [3.8, 4) is 0 Å². The van der Waals surface area contributed by atoms with Gasteiger partial charge in [0, 0.05) is 20.6 Å². The summed E-state index contributed by atoms with van der Waals surface area (Å²) in [5, 5.41) is 2.79. The Morgan fingerprint density at radius 1 is 0.814 bits per heavy atom. The molecule has 0 aromatic heterocycles. The highest BCUT2D eigenvalue weighted by atomic mass is 16.6. The first-order chi connectivity index (χ1) is 20.8. The molecule has 252 valence electrons. The Kier molecular flexibility index (Phi) is 22.3. The molecule has 0 radical (unpaired) electrons. The molecule has 0 aliphatic carbocycles. The fraction of sp³-hybridized carbons (Fsp3) is 0.912. The van der Waals surface area contributed by atoms with Gasteiger partial charge < -0.3 is 24.0 Å². The number of methoxy groups -OCH3 is 1. The molecule has 0 saturated carbocycles. The van der Waals surface area contributed by atoms with Crippen LogP contribution in [0.3, 0.4) is 0 Å². The highest BCUT2D eigenvalue weighted by Gasteiger charge is 2.38. The normalized spacial score (nSPS) is 19.0. The van der Waals surface area contributed by atoms with E-state index in [9.17, 15) is 14.4 Å². The van der Waals surface area contributed by atoms with Crippen LogP contribution in [0.1, 0.15) is 136 Å². The second kappa shape index (κ2) is 24.5. The van der Waals surface area contributed by atoms with Crippen molar-refractivity contribution in [2.45, 2.75) is 148 Å². The van der Waals surface area contributed by atoms with Crippen LogP contribution in [0.5, 0.6) is 0 Å². The molecule has 1 N–H and O–H groups in total. The summed E-state index contributed by atoms with van der Waals surface area (Å²) in [5.74, 6) is -0.321. The third-order valence-electron chi connectivity index (χ3n) is 8.98. The SMILES string of the molecule is CCCCCCCCCCCCCCCCCCNC(=O)OCC(COC(=O)N(C(C)=O)C1CCC[N+](C)(CC)C1)OC. The molecule has 43 heavy (non-hydrogen) atoms. The number of imide groups is 1. The summed E-state index contributed by atoms with van der Waals surface area (Å²) in [5.41, 5.74) is 0. The number of nitrogens with zero attached hydrogens (tertiary/aromatic N) is 2. The van der Waals surface area contributed by atoms with Crippen LogP contribution in [-0.4, -0.2) is 93.2 Å². The van der Waals surface area contributed by atoms with E-state index in [1.807, 2.05) is 0 Å². The van der Waals surface area contributed by atoms with Crippen LogP contribution in [0.15, 0.2) is 0 Å². The van der Waals surface area contributed by atoms with Crippen molar-refractivity contribution in [3.05, 3.63) is 0 Å². The molecular formula is C34H66N3O6+. The van der Waals surface area contributed by atoms with Crippen LogP contribution in [0.2, 0.25) is 0 Å². The summed E-state index contributed by atoms with van der Waals surface area (Å²) in [6.07, 6.45) is 21.0. The van der Waals surface area contributed by atoms with Crippen LogP contribution < -0.4 is 5.32 Å². The Hall–Kier alpha value is -1.87. The van der Waals surface area contributed by atoms with Crippen molar-refractivity contribution in [1.82, 2.24) is 10.2 Å². The number of piperidine rings is 1. The zero-order valence-electron chi connectivity index (χ0n) is 28.5. The molecule has 3 atom stereocenters. The molecule has 3 amide bonds. The minimum atomic E-state index is -0.669. The minimum absolute atomic E-state index is 0.0388. The average Bonchev–Trinajstić information content (AvgIpc) is 2.98. The van der Waals surface area contributed by atoms with Gasteiger partial charge in [-0.05, 0) is 26.2 Å². The van der Waals surface area contributed by atoms with Gasteiger partial charge in [0.15, 0.2) is 0 Å². The van der Waals surface area contributed by atoms with Gasteiger partial charge in [-0.1, -0.05) is 103 Å². The number of likely N-dealkylation sites (N-methyl/N-ethyl adjacent to an activating group) is 1. The molecule has 0 aromatic carbocycles. The Morgan fingerprint density at radius 3 is 1.81 bits per heavy atom. The maximum Gasteiger partial charge on any atom is 0.417 e. The fourth-order valence-electron chi connectivity index (χ4n) is 5.93. The van der Waals surface area contributed by atoms with Gasteiger partial charge in [0.1, 0.15) is 19.3 Å². The van der Waals surface area contributed by atoms with Crippen LogP contribution >= 0.6 is 0 Å². The van der Waals surface area contributed by atoms with E-state index >= 15 is 0 Å². The third kappa shape index (κ3) is 18.5. The number of likely N-dealkylation sites (tertiary alicyclic amines) is 1. The number of alkyl carbamates (subject to hydrolysis) is 1. The first-order valence-electron chi connectivity index (χ1n) is 17.5. The number of nitrogens with one attached hydrogen (secondary N) is 1. The summed E-state index contributed by atoms with van der Waals surface area (Å²) in [6.45, 7) is 8.94. The number of hydrogen-bond acceptors (Lipinski definition) is 6. The van der Waals surface area contributed by atoms with Crippen LogP contribution in [0, 0.1) is 0 Å². The molecule has 3 unspecified atom stereocenters. The average molecular weight is 613 g/mol. The molecule has 9 heteroatoms. The van der Waals surface area contributed by atoms with Gasteiger partial charge in [-0.3, -0.25) is 4.79 Å². The monoisotopic (exact) mass is 612 g/mol. The van der Waals surface area contributed by atoms with Crippen molar-refractivity contribution < 1.29 is 33.1 Å². The molecule has 1 heterocycles. The van der Waals surface area contributed by atoms with E-state index in [-0.39, 0.29) is 25.2 Å². The molecule has 1 fully saturated rings. The Bertz CT molecular complexity index is 752. The molecule has 1 rings (SSSR count). The molecule has 9 nitrogen and oxygen atoms in total. The number of unbranched alkanes of at least 4 members (excludes halogenated alkanes) is 15. The van der Waals surface area contributed by atoms with E-state index in [0.29, 0.717) is 6.54 Å². The highest BCUT2D eigenvalue weighted by Crippen LogP contribution is 2.22. The lowest BCUT2D eigenvalue weighted by molar-refractivity contribution is -0.914. The first kappa shape index (κ1) is 39.2. The minimum Gasteiger partial charge on any atom is -0.447 e. The molecule has 0 aromatic rings. The van der Waals surface area contributed by atoms with Gasteiger partial charge >= 0.3 is 12.2 Å². The number of rotatable bonds is 24. The summed E-state index contributed by atoms with van der Waals surface area (Å²) >= 11 is 0. The van der Waals surface area contributed by atoms with E-state index in [4.69, 9.17) is 14.2 Å². The highest BCUT2D eigenvalue weighted by molar-refractivity contribution is 5.91. The molecule has 0 spiro atoms. The zero-order valence-corrected chi connectivity index (χ0v) is 28.5. The van der Waals surface area contributed by atoms with E-state index in [0.717, 1.165) is 49.8 Å². The van der Waals surface area contributed by atoms with Gasteiger partial charge in [0.05, 0.1) is 32.7 Å². The summed E-state index contributed by atoms with van der Waals surface area (Å²) in [6, 6.07) is -0.184. The molecule has 0 bridgehead atoms. The number of carbonyl (C=O) groups excluding carboxylic acids is 3. The Balaban J connectivity index is 2.08. The third-order valence-corrected chi connectivity index (χ3v) is 8.98. The maximum absolute atomic E-state index is 12.8. The lowest BCUT2D eigenvalue weighted by atomic mass is 10.0. The maximum atomic E-state index is 12.8. The Morgan fingerprint density at radius 2 is 1.33 bits per heavy atom. The quantitative estimate of drug-likeness (QED) is 0.0891. The molecular weight excluding hydrogens is 546 g/mol. The summed E-state index contributed by atoms with van der Waals surface area (Å²) < 4.78 is 16.9. The smallest absolute Gasteiger partial charge is 0.417 e. The van der Waals surface area contributed by atoms with Gasteiger partial charge in [0.25, 0.3) is 0 Å². The molecule has 1 aliphatic heterocycles. The lowest BCUT2D eigenvalue weighted by Crippen LogP contribution is -2.59. The van der Waals surface area contributed by atoms with Crippen LogP contribution in [0.25, 0.3) is 0 Å². The van der Waals surface area contributed by atoms with E-state index in [2.05, 4.69) is 26.2 Å². The van der Waals surface area contributed by atoms with E-state index in [1.165, 1.54) is 109 Å². The van der Waals surface area contributed by atoms with Gasteiger partial charge in [-0.25, -0.2) is 14.5 Å². The van der Waals surface area contributed by atoms with Gasteiger partial charge in [-0.15, -0.1) is 0 Å². The van der Waals surface area contributed by atoms with Crippen molar-refractivity contribution in [2.75, 3.05) is 53.6 Å². The topological polar surface area (TPSA) is 94.2 Å². The molecule has 1 saturated heterocycles. The first-order valence-corrected chi connectivity index (χ1v) is 17.5. The fourth-order valence-corrected chi connectivity index (χ4v) is 5.93. The van der Waals surface area contributed by atoms with E-state index in [1.54, 1.807) is 0 Å². The second-order valence-electron chi connectivity index (χ2n) is 12.8. The van der Waals surface area contributed by atoms with Crippen molar-refractivity contribution in [1.29, 1.82) is 0 Å². The number of amides is 3. The van der Waals surface area contributed by atoms with Crippen LogP contribution in [0.4, 0.5) is 9.59 Å². The lowest BCUT2D eigenvalue weighted by Gasteiger charge is -2.43. The predicted octanol–water partition coefficient (Wildman–Crippen LogP) is 7.60. The zero-order chi connectivity index (χ0) is 31.8. The van der Waals surface area contributed by atoms with Gasteiger partial charge in [-0.2, -0.15) is 0 Å². The number of hydrogen-bond donors (Lipinski definition) is 1. The number of ether oxygens (including phenoxy) is 3. The van der Waals surface area contributed by atoms with Crippen LogP contribution in [-0.2, 0) is 19.0 Å². The standard InChI is InChI=1S/C34H65N3O6/c1-6-8-9-10-11-12-13-14-15-16-17-18-19-20-21-22-25-35-33(39)42-28-32(41-5)29-43-34(40)36(30(3)38)31-24-23-26-37(4,7-2)27-31/h31-32H,6-29H2,1-5H3/p+1. The number of carbonyl (C=O) groups is 3. The predicted molar refractivity (Wildman–Crippen MR) is 173 cm³/mol.